The molecule has 21 heavy (non-hydrogen) atoms. The largest absolute Gasteiger partial charge is 0.293 e. The van der Waals surface area contributed by atoms with Gasteiger partial charge in [0.15, 0.2) is 5.78 Å². The number of rotatable bonds is 5. The van der Waals surface area contributed by atoms with Crippen LogP contribution in [0.2, 0.25) is 10.0 Å². The SMILES string of the molecule is CC(c1cccc(Cl)c1)N(C)CC(=O)c1ccccc1Cl. The zero-order valence-electron chi connectivity index (χ0n) is 12.0. The summed E-state index contributed by atoms with van der Waals surface area (Å²) < 4.78 is 0. The molecule has 2 rings (SSSR count). The molecule has 2 aromatic carbocycles. The fourth-order valence-electron chi connectivity index (χ4n) is 2.16. The van der Waals surface area contributed by atoms with Gasteiger partial charge in [-0.25, -0.2) is 0 Å². The first kappa shape index (κ1) is 16.0. The van der Waals surface area contributed by atoms with Crippen molar-refractivity contribution in [2.45, 2.75) is 13.0 Å². The number of carbonyl (C=O) groups is 1. The van der Waals surface area contributed by atoms with Crippen molar-refractivity contribution in [3.05, 3.63) is 69.7 Å². The van der Waals surface area contributed by atoms with Crippen LogP contribution < -0.4 is 0 Å². The number of likely N-dealkylation sites (N-methyl/N-ethyl adjacent to an activating group) is 1. The van der Waals surface area contributed by atoms with Gasteiger partial charge in [-0.3, -0.25) is 9.69 Å². The lowest BCUT2D eigenvalue weighted by molar-refractivity contribution is 0.0925. The van der Waals surface area contributed by atoms with Crippen LogP contribution >= 0.6 is 23.2 Å². The number of hydrogen-bond donors (Lipinski definition) is 0. The molecule has 2 aromatic rings. The van der Waals surface area contributed by atoms with Crippen molar-refractivity contribution >= 4 is 29.0 Å². The Bertz CT molecular complexity index is 642. The molecule has 4 heteroatoms. The summed E-state index contributed by atoms with van der Waals surface area (Å²) in [5, 5.41) is 1.19. The van der Waals surface area contributed by atoms with E-state index in [4.69, 9.17) is 23.2 Å². The quantitative estimate of drug-likeness (QED) is 0.732. The number of ketones is 1. The summed E-state index contributed by atoms with van der Waals surface area (Å²) in [4.78, 5) is 14.3. The molecule has 0 saturated heterocycles. The highest BCUT2D eigenvalue weighted by Gasteiger charge is 2.17. The first-order chi connectivity index (χ1) is 9.99. The van der Waals surface area contributed by atoms with Crippen molar-refractivity contribution in [3.8, 4) is 0 Å². The van der Waals surface area contributed by atoms with Crippen molar-refractivity contribution in [1.29, 1.82) is 0 Å². The van der Waals surface area contributed by atoms with Crippen molar-refractivity contribution in [3.63, 3.8) is 0 Å². The van der Waals surface area contributed by atoms with Gasteiger partial charge < -0.3 is 0 Å². The molecule has 0 aliphatic rings. The zero-order chi connectivity index (χ0) is 15.4. The molecule has 0 aliphatic heterocycles. The molecule has 0 fully saturated rings. The minimum absolute atomic E-state index is 0.0111. The predicted octanol–water partition coefficient (Wildman–Crippen LogP) is 4.87. The Labute approximate surface area is 135 Å². The Morgan fingerprint density at radius 2 is 1.86 bits per heavy atom. The van der Waals surface area contributed by atoms with Gasteiger partial charge in [0.05, 0.1) is 11.6 Å². The maximum absolute atomic E-state index is 12.3. The number of benzene rings is 2. The Morgan fingerprint density at radius 3 is 2.52 bits per heavy atom. The van der Waals surface area contributed by atoms with Crippen LogP contribution in [0.4, 0.5) is 0 Å². The summed E-state index contributed by atoms with van der Waals surface area (Å²) in [7, 11) is 1.92. The molecule has 0 amide bonds. The number of hydrogen-bond acceptors (Lipinski definition) is 2. The van der Waals surface area contributed by atoms with E-state index in [2.05, 4.69) is 0 Å². The Morgan fingerprint density at radius 1 is 1.14 bits per heavy atom. The highest BCUT2D eigenvalue weighted by Crippen LogP contribution is 2.23. The lowest BCUT2D eigenvalue weighted by atomic mass is 10.1. The van der Waals surface area contributed by atoms with E-state index in [-0.39, 0.29) is 11.8 Å². The van der Waals surface area contributed by atoms with Gasteiger partial charge in [-0.1, -0.05) is 47.5 Å². The van der Waals surface area contributed by atoms with Gasteiger partial charge in [0, 0.05) is 16.6 Å². The average Bonchev–Trinajstić information content (AvgIpc) is 2.46. The van der Waals surface area contributed by atoms with E-state index in [1.165, 1.54) is 0 Å². The van der Waals surface area contributed by atoms with Crippen LogP contribution in [0.5, 0.6) is 0 Å². The zero-order valence-corrected chi connectivity index (χ0v) is 13.5. The predicted molar refractivity (Wildman–Crippen MR) is 88.3 cm³/mol. The van der Waals surface area contributed by atoms with Crippen LogP contribution in [0.3, 0.4) is 0 Å². The van der Waals surface area contributed by atoms with Crippen molar-refractivity contribution in [1.82, 2.24) is 4.90 Å². The monoisotopic (exact) mass is 321 g/mol. The van der Waals surface area contributed by atoms with Crippen molar-refractivity contribution in [2.75, 3.05) is 13.6 Å². The minimum atomic E-state index is 0.0111. The summed E-state index contributed by atoms with van der Waals surface area (Å²) in [6.45, 7) is 2.35. The molecule has 1 unspecified atom stereocenters. The number of nitrogens with zero attached hydrogens (tertiary/aromatic N) is 1. The summed E-state index contributed by atoms with van der Waals surface area (Å²) in [5.74, 6) is 0.0111. The van der Waals surface area contributed by atoms with Gasteiger partial charge in [0.1, 0.15) is 0 Å². The van der Waals surface area contributed by atoms with E-state index < -0.39 is 0 Å². The van der Waals surface area contributed by atoms with Crippen LogP contribution in [0.15, 0.2) is 48.5 Å². The lowest BCUT2D eigenvalue weighted by Gasteiger charge is -2.24. The van der Waals surface area contributed by atoms with Crippen LogP contribution in [-0.4, -0.2) is 24.3 Å². The third-order valence-corrected chi connectivity index (χ3v) is 4.12. The standard InChI is InChI=1S/C17H17Cl2NO/c1-12(13-6-5-7-14(18)10-13)20(2)11-17(21)15-8-3-4-9-16(15)19/h3-10,12H,11H2,1-2H3. The molecular weight excluding hydrogens is 305 g/mol. The second-order valence-corrected chi connectivity index (χ2v) is 5.89. The molecule has 0 aliphatic carbocycles. The summed E-state index contributed by atoms with van der Waals surface area (Å²) in [6.07, 6.45) is 0. The molecule has 0 aromatic heterocycles. The van der Waals surface area contributed by atoms with Crippen molar-refractivity contribution in [2.24, 2.45) is 0 Å². The highest BCUT2D eigenvalue weighted by molar-refractivity contribution is 6.34. The van der Waals surface area contributed by atoms with Gasteiger partial charge in [-0.05, 0) is 43.8 Å². The molecular formula is C17H17Cl2NO. The minimum Gasteiger partial charge on any atom is -0.293 e. The molecule has 2 nitrogen and oxygen atoms in total. The topological polar surface area (TPSA) is 20.3 Å². The third-order valence-electron chi connectivity index (χ3n) is 3.56. The Balaban J connectivity index is 2.09. The lowest BCUT2D eigenvalue weighted by Crippen LogP contribution is -2.29. The molecule has 0 heterocycles. The van der Waals surface area contributed by atoms with E-state index in [0.717, 1.165) is 5.56 Å². The first-order valence-electron chi connectivity index (χ1n) is 6.72. The maximum Gasteiger partial charge on any atom is 0.178 e. The van der Waals surface area contributed by atoms with Gasteiger partial charge in [-0.2, -0.15) is 0 Å². The second-order valence-electron chi connectivity index (χ2n) is 5.05. The fourth-order valence-corrected chi connectivity index (χ4v) is 2.60. The normalized spacial score (nSPS) is 12.4. The van der Waals surface area contributed by atoms with Crippen molar-refractivity contribution < 1.29 is 4.79 Å². The van der Waals surface area contributed by atoms with Gasteiger partial charge in [0.2, 0.25) is 0 Å². The number of Topliss-reactive ketones (excluding diaryl/α,β-unsaturated/α-hetero) is 1. The molecule has 0 bridgehead atoms. The molecule has 0 spiro atoms. The first-order valence-corrected chi connectivity index (χ1v) is 7.48. The van der Waals surface area contributed by atoms with E-state index >= 15 is 0 Å². The van der Waals surface area contributed by atoms with Crippen LogP contribution in [-0.2, 0) is 0 Å². The Hall–Kier alpha value is -1.35. The van der Waals surface area contributed by atoms with Gasteiger partial charge in [-0.15, -0.1) is 0 Å². The fraction of sp³-hybridized carbons (Fsp3) is 0.235. The highest BCUT2D eigenvalue weighted by atomic mass is 35.5. The van der Waals surface area contributed by atoms with E-state index in [1.54, 1.807) is 12.1 Å². The number of halogens is 2. The molecule has 110 valence electrons. The summed E-state index contributed by atoms with van der Waals surface area (Å²) in [5.41, 5.74) is 1.64. The average molecular weight is 322 g/mol. The molecule has 0 radical (unpaired) electrons. The van der Waals surface area contributed by atoms with Gasteiger partial charge >= 0.3 is 0 Å². The second kappa shape index (κ2) is 7.08. The van der Waals surface area contributed by atoms with E-state index in [0.29, 0.717) is 22.2 Å². The Kier molecular flexibility index (Phi) is 5.40. The van der Waals surface area contributed by atoms with Crippen LogP contribution in [0.1, 0.15) is 28.9 Å². The van der Waals surface area contributed by atoms with E-state index in [9.17, 15) is 4.79 Å². The van der Waals surface area contributed by atoms with E-state index in [1.807, 2.05) is 55.3 Å². The molecule has 0 N–H and O–H groups in total. The third kappa shape index (κ3) is 4.07. The summed E-state index contributed by atoms with van der Waals surface area (Å²) >= 11 is 12.1. The summed E-state index contributed by atoms with van der Waals surface area (Å²) in [6, 6.07) is 14.9. The van der Waals surface area contributed by atoms with Gasteiger partial charge in [0.25, 0.3) is 0 Å². The maximum atomic E-state index is 12.3. The smallest absolute Gasteiger partial charge is 0.178 e. The number of carbonyl (C=O) groups excluding carboxylic acids is 1. The molecule has 0 saturated carbocycles. The molecule has 1 atom stereocenters. The van der Waals surface area contributed by atoms with Crippen LogP contribution in [0.25, 0.3) is 0 Å². The van der Waals surface area contributed by atoms with Crippen LogP contribution in [0, 0.1) is 0 Å².